The number of carbonyl (C=O) groups excluding carboxylic acids is 1. The fourth-order valence-corrected chi connectivity index (χ4v) is 4.17. The molecule has 0 atom stereocenters. The molecule has 27 heavy (non-hydrogen) atoms. The van der Waals surface area contributed by atoms with Crippen molar-refractivity contribution >= 4 is 6.09 Å². The molecule has 3 nitrogen and oxygen atoms in total. The molecule has 0 N–H and O–H groups in total. The Hall–Kier alpha value is -2.29. The van der Waals surface area contributed by atoms with Gasteiger partial charge < -0.3 is 9.64 Å². The molecule has 0 saturated carbocycles. The van der Waals surface area contributed by atoms with E-state index in [2.05, 4.69) is 67.6 Å². The Kier molecular flexibility index (Phi) is 5.59. The largest absolute Gasteiger partial charge is 0.444 e. The zero-order valence-corrected chi connectivity index (χ0v) is 16.9. The van der Waals surface area contributed by atoms with E-state index in [4.69, 9.17) is 4.74 Å². The van der Waals surface area contributed by atoms with Crippen molar-refractivity contribution in [1.82, 2.24) is 4.90 Å². The highest BCUT2D eigenvalue weighted by Crippen LogP contribution is 2.43. The van der Waals surface area contributed by atoms with Crippen LogP contribution in [0.4, 0.5) is 4.79 Å². The minimum absolute atomic E-state index is 0.0669. The average molecular weight is 366 g/mol. The Bertz CT molecular complexity index is 701. The lowest BCUT2D eigenvalue weighted by Crippen LogP contribution is -2.46. The van der Waals surface area contributed by atoms with Gasteiger partial charge in [0, 0.05) is 18.5 Å². The van der Waals surface area contributed by atoms with Crippen molar-refractivity contribution in [2.45, 2.75) is 51.6 Å². The first-order valence-electron chi connectivity index (χ1n) is 9.89. The SMILES string of the molecule is CC(C)(C)OC(=O)N1CCC(C(C)(c2ccccc2)c2ccccc2)CC1. The van der Waals surface area contributed by atoms with Crippen LogP contribution < -0.4 is 0 Å². The third-order valence-electron chi connectivity index (χ3n) is 5.71. The van der Waals surface area contributed by atoms with E-state index in [1.807, 2.05) is 25.7 Å². The minimum Gasteiger partial charge on any atom is -0.444 e. The van der Waals surface area contributed by atoms with E-state index in [9.17, 15) is 4.79 Å². The van der Waals surface area contributed by atoms with E-state index in [-0.39, 0.29) is 11.5 Å². The molecule has 0 aromatic heterocycles. The maximum atomic E-state index is 12.4. The van der Waals surface area contributed by atoms with Crippen LogP contribution in [0.2, 0.25) is 0 Å². The van der Waals surface area contributed by atoms with Gasteiger partial charge in [-0.3, -0.25) is 0 Å². The topological polar surface area (TPSA) is 29.5 Å². The Morgan fingerprint density at radius 1 is 0.852 bits per heavy atom. The molecule has 1 fully saturated rings. The van der Waals surface area contributed by atoms with Crippen LogP contribution in [0.5, 0.6) is 0 Å². The van der Waals surface area contributed by atoms with Crippen molar-refractivity contribution in [2.75, 3.05) is 13.1 Å². The van der Waals surface area contributed by atoms with Gasteiger partial charge in [0.05, 0.1) is 0 Å². The summed E-state index contributed by atoms with van der Waals surface area (Å²) in [6, 6.07) is 21.5. The first-order chi connectivity index (χ1) is 12.8. The monoisotopic (exact) mass is 365 g/mol. The van der Waals surface area contributed by atoms with E-state index in [1.54, 1.807) is 0 Å². The molecule has 2 aromatic rings. The fraction of sp³-hybridized carbons (Fsp3) is 0.458. The predicted octanol–water partition coefficient (Wildman–Crippen LogP) is 5.64. The number of nitrogens with zero attached hydrogens (tertiary/aromatic N) is 1. The van der Waals surface area contributed by atoms with Gasteiger partial charge in [-0.05, 0) is 50.7 Å². The highest BCUT2D eigenvalue weighted by Gasteiger charge is 2.40. The molecule has 0 aliphatic carbocycles. The fourth-order valence-electron chi connectivity index (χ4n) is 4.17. The highest BCUT2D eigenvalue weighted by molar-refractivity contribution is 5.68. The number of carbonyl (C=O) groups is 1. The van der Waals surface area contributed by atoms with Crippen LogP contribution in [-0.2, 0) is 10.2 Å². The van der Waals surface area contributed by atoms with Gasteiger partial charge in [0.2, 0.25) is 0 Å². The molecule has 0 radical (unpaired) electrons. The van der Waals surface area contributed by atoms with Crippen molar-refractivity contribution in [3.63, 3.8) is 0 Å². The van der Waals surface area contributed by atoms with Gasteiger partial charge in [-0.2, -0.15) is 0 Å². The van der Waals surface area contributed by atoms with Gasteiger partial charge in [-0.1, -0.05) is 67.6 Å². The summed E-state index contributed by atoms with van der Waals surface area (Å²) < 4.78 is 5.55. The Labute approximate surface area is 163 Å². The maximum absolute atomic E-state index is 12.4. The first kappa shape index (κ1) is 19.5. The zero-order valence-electron chi connectivity index (χ0n) is 16.9. The normalized spacial score (nSPS) is 16.2. The van der Waals surface area contributed by atoms with Gasteiger partial charge in [0.25, 0.3) is 0 Å². The third-order valence-corrected chi connectivity index (χ3v) is 5.71. The van der Waals surface area contributed by atoms with E-state index < -0.39 is 5.60 Å². The van der Waals surface area contributed by atoms with Crippen LogP contribution in [0.15, 0.2) is 60.7 Å². The van der Waals surface area contributed by atoms with Crippen molar-refractivity contribution in [3.05, 3.63) is 71.8 Å². The first-order valence-corrected chi connectivity index (χ1v) is 9.89. The number of amides is 1. The molecule has 144 valence electrons. The number of hydrogen-bond acceptors (Lipinski definition) is 2. The summed E-state index contributed by atoms with van der Waals surface area (Å²) in [5.74, 6) is 0.473. The standard InChI is InChI=1S/C24H31NO2/c1-23(2,3)27-22(26)25-17-15-21(16-18-25)24(4,19-11-7-5-8-12-19)20-13-9-6-10-14-20/h5-14,21H,15-18H2,1-4H3. The summed E-state index contributed by atoms with van der Waals surface area (Å²) in [6.45, 7) is 9.59. The van der Waals surface area contributed by atoms with Gasteiger partial charge in [-0.25, -0.2) is 4.79 Å². The summed E-state index contributed by atoms with van der Waals surface area (Å²) in [7, 11) is 0. The lowest BCUT2D eigenvalue weighted by molar-refractivity contribution is 0.0160. The zero-order chi connectivity index (χ0) is 19.5. The Morgan fingerprint density at radius 2 is 1.30 bits per heavy atom. The van der Waals surface area contributed by atoms with Crippen LogP contribution in [0.25, 0.3) is 0 Å². The molecular formula is C24H31NO2. The van der Waals surface area contributed by atoms with Crippen LogP contribution in [-0.4, -0.2) is 29.7 Å². The summed E-state index contributed by atoms with van der Waals surface area (Å²) in [5.41, 5.74) is 2.16. The Balaban J connectivity index is 1.81. The second kappa shape index (κ2) is 7.75. The molecule has 1 aliphatic rings. The molecule has 0 unspecified atom stereocenters. The maximum Gasteiger partial charge on any atom is 0.410 e. The summed E-state index contributed by atoms with van der Waals surface area (Å²) in [4.78, 5) is 14.3. The minimum atomic E-state index is -0.448. The number of rotatable bonds is 3. The molecule has 0 spiro atoms. The van der Waals surface area contributed by atoms with E-state index in [1.165, 1.54) is 11.1 Å². The van der Waals surface area contributed by atoms with Crippen molar-refractivity contribution < 1.29 is 9.53 Å². The molecule has 2 aromatic carbocycles. The summed E-state index contributed by atoms with van der Waals surface area (Å²) in [5, 5.41) is 0. The van der Waals surface area contributed by atoms with Gasteiger partial charge in [0.1, 0.15) is 5.60 Å². The van der Waals surface area contributed by atoms with E-state index in [0.29, 0.717) is 5.92 Å². The molecule has 3 heteroatoms. The Morgan fingerprint density at radius 3 is 1.70 bits per heavy atom. The molecule has 1 saturated heterocycles. The van der Waals surface area contributed by atoms with Crippen molar-refractivity contribution in [2.24, 2.45) is 5.92 Å². The average Bonchev–Trinajstić information content (AvgIpc) is 2.67. The summed E-state index contributed by atoms with van der Waals surface area (Å²) >= 11 is 0. The molecule has 0 bridgehead atoms. The molecular weight excluding hydrogens is 334 g/mol. The molecule has 1 heterocycles. The molecule has 1 amide bonds. The molecule has 3 rings (SSSR count). The van der Waals surface area contributed by atoms with Crippen LogP contribution in [0.3, 0.4) is 0 Å². The lowest BCUT2D eigenvalue weighted by atomic mass is 9.64. The second-order valence-electron chi connectivity index (χ2n) is 8.68. The van der Waals surface area contributed by atoms with Crippen molar-refractivity contribution in [3.8, 4) is 0 Å². The molecule has 1 aliphatic heterocycles. The predicted molar refractivity (Wildman–Crippen MR) is 110 cm³/mol. The number of ether oxygens (including phenoxy) is 1. The van der Waals surface area contributed by atoms with Crippen LogP contribution in [0.1, 0.15) is 51.7 Å². The number of benzene rings is 2. The third kappa shape index (κ3) is 4.35. The lowest BCUT2D eigenvalue weighted by Gasteiger charge is -2.43. The number of hydrogen-bond donors (Lipinski definition) is 0. The van der Waals surface area contributed by atoms with Crippen molar-refractivity contribution in [1.29, 1.82) is 0 Å². The van der Waals surface area contributed by atoms with Gasteiger partial charge in [-0.15, -0.1) is 0 Å². The smallest absolute Gasteiger partial charge is 0.410 e. The quantitative estimate of drug-likeness (QED) is 0.704. The highest BCUT2D eigenvalue weighted by atomic mass is 16.6. The summed E-state index contributed by atoms with van der Waals surface area (Å²) in [6.07, 6.45) is 1.75. The van der Waals surface area contributed by atoms with E-state index >= 15 is 0 Å². The number of likely N-dealkylation sites (tertiary alicyclic amines) is 1. The van der Waals surface area contributed by atoms with E-state index in [0.717, 1.165) is 25.9 Å². The number of piperidine rings is 1. The second-order valence-corrected chi connectivity index (χ2v) is 8.68. The van der Waals surface area contributed by atoms with Gasteiger partial charge in [0.15, 0.2) is 0 Å². The van der Waals surface area contributed by atoms with Gasteiger partial charge >= 0.3 is 6.09 Å². The van der Waals surface area contributed by atoms with Crippen LogP contribution >= 0.6 is 0 Å². The van der Waals surface area contributed by atoms with Crippen LogP contribution in [0, 0.1) is 5.92 Å².